The Bertz CT molecular complexity index is 342. The van der Waals surface area contributed by atoms with Crippen molar-refractivity contribution >= 4 is 5.69 Å². The van der Waals surface area contributed by atoms with E-state index in [0.29, 0.717) is 0 Å². The van der Waals surface area contributed by atoms with Gasteiger partial charge in [-0.25, -0.2) is 0 Å². The number of hydrogen-bond acceptors (Lipinski definition) is 3. The number of pyridine rings is 1. The van der Waals surface area contributed by atoms with Crippen molar-refractivity contribution in [1.29, 1.82) is 0 Å². The Morgan fingerprint density at radius 2 is 1.82 bits per heavy atom. The molecule has 0 amide bonds. The van der Waals surface area contributed by atoms with E-state index in [2.05, 4.69) is 27.3 Å². The number of nitrogens with zero attached hydrogens (tertiary/aromatic N) is 2. The SMILES string of the molecule is c1cc(N(CC2CCNCC2)C2CC2)ccn1. The van der Waals surface area contributed by atoms with Crippen LogP contribution in [0, 0.1) is 5.92 Å². The first kappa shape index (κ1) is 11.0. The predicted octanol–water partition coefficient (Wildman–Crippen LogP) is 2.05. The zero-order chi connectivity index (χ0) is 11.5. The minimum absolute atomic E-state index is 0.798. The second-order valence-corrected chi connectivity index (χ2v) is 5.28. The molecule has 0 unspecified atom stereocenters. The van der Waals surface area contributed by atoms with E-state index >= 15 is 0 Å². The van der Waals surface area contributed by atoms with E-state index in [9.17, 15) is 0 Å². The van der Waals surface area contributed by atoms with E-state index in [4.69, 9.17) is 0 Å². The minimum atomic E-state index is 0.798. The van der Waals surface area contributed by atoms with Crippen molar-refractivity contribution < 1.29 is 0 Å². The first-order chi connectivity index (χ1) is 8.43. The second-order valence-electron chi connectivity index (χ2n) is 5.28. The molecule has 0 atom stereocenters. The third-order valence-corrected chi connectivity index (χ3v) is 3.90. The minimum Gasteiger partial charge on any atom is -0.368 e. The highest BCUT2D eigenvalue weighted by molar-refractivity contribution is 5.47. The van der Waals surface area contributed by atoms with E-state index in [-0.39, 0.29) is 0 Å². The maximum absolute atomic E-state index is 4.12. The van der Waals surface area contributed by atoms with Gasteiger partial charge in [0, 0.05) is 30.7 Å². The van der Waals surface area contributed by atoms with Crippen LogP contribution in [-0.4, -0.2) is 30.7 Å². The molecule has 2 aliphatic rings. The van der Waals surface area contributed by atoms with Gasteiger partial charge in [0.15, 0.2) is 0 Å². The number of anilines is 1. The van der Waals surface area contributed by atoms with E-state index < -0.39 is 0 Å². The lowest BCUT2D eigenvalue weighted by Crippen LogP contribution is -2.37. The molecule has 0 aromatic carbocycles. The van der Waals surface area contributed by atoms with Crippen molar-refractivity contribution in [2.24, 2.45) is 5.92 Å². The molecule has 1 aliphatic heterocycles. The monoisotopic (exact) mass is 231 g/mol. The summed E-state index contributed by atoms with van der Waals surface area (Å²) < 4.78 is 0. The number of piperidine rings is 1. The maximum atomic E-state index is 4.12. The lowest BCUT2D eigenvalue weighted by molar-refractivity contribution is 0.372. The Morgan fingerprint density at radius 3 is 2.47 bits per heavy atom. The number of rotatable bonds is 4. The van der Waals surface area contributed by atoms with Crippen molar-refractivity contribution in [3.63, 3.8) is 0 Å². The van der Waals surface area contributed by atoms with Gasteiger partial charge in [-0.15, -0.1) is 0 Å². The molecule has 1 aliphatic carbocycles. The van der Waals surface area contributed by atoms with Gasteiger partial charge in [0.1, 0.15) is 0 Å². The smallest absolute Gasteiger partial charge is 0.0399 e. The van der Waals surface area contributed by atoms with Crippen LogP contribution in [-0.2, 0) is 0 Å². The van der Waals surface area contributed by atoms with Crippen LogP contribution < -0.4 is 10.2 Å². The summed E-state index contributed by atoms with van der Waals surface area (Å²) in [6.45, 7) is 3.62. The number of nitrogens with one attached hydrogen (secondary N) is 1. The summed E-state index contributed by atoms with van der Waals surface area (Å²) in [6.07, 6.45) is 9.21. The average molecular weight is 231 g/mol. The van der Waals surface area contributed by atoms with Gasteiger partial charge in [-0.1, -0.05) is 0 Å². The lowest BCUT2D eigenvalue weighted by Gasteiger charge is -2.31. The molecule has 2 heterocycles. The molecular formula is C14H21N3. The molecule has 2 fully saturated rings. The molecule has 1 aromatic heterocycles. The molecule has 0 bridgehead atoms. The van der Waals surface area contributed by atoms with Gasteiger partial charge >= 0.3 is 0 Å². The first-order valence-electron chi connectivity index (χ1n) is 6.81. The van der Waals surface area contributed by atoms with E-state index in [1.807, 2.05) is 12.4 Å². The van der Waals surface area contributed by atoms with Crippen molar-refractivity contribution in [2.45, 2.75) is 31.7 Å². The Kier molecular flexibility index (Phi) is 3.27. The fraction of sp³-hybridized carbons (Fsp3) is 0.643. The summed E-state index contributed by atoms with van der Waals surface area (Å²) >= 11 is 0. The van der Waals surface area contributed by atoms with E-state index in [1.165, 1.54) is 51.0 Å². The molecule has 0 radical (unpaired) electrons. The summed E-state index contributed by atoms with van der Waals surface area (Å²) in [5.74, 6) is 0.866. The van der Waals surface area contributed by atoms with E-state index in [1.54, 1.807) is 0 Å². The van der Waals surface area contributed by atoms with Gasteiger partial charge in [-0.05, 0) is 56.8 Å². The van der Waals surface area contributed by atoms with Crippen LogP contribution in [0.4, 0.5) is 5.69 Å². The van der Waals surface area contributed by atoms with Gasteiger partial charge in [0.2, 0.25) is 0 Å². The summed E-state index contributed by atoms with van der Waals surface area (Å²) in [4.78, 5) is 6.73. The molecule has 0 spiro atoms. The fourth-order valence-electron chi connectivity index (χ4n) is 2.73. The van der Waals surface area contributed by atoms with Crippen molar-refractivity contribution in [2.75, 3.05) is 24.5 Å². The molecule has 92 valence electrons. The lowest BCUT2D eigenvalue weighted by atomic mass is 9.97. The third-order valence-electron chi connectivity index (χ3n) is 3.90. The molecular weight excluding hydrogens is 210 g/mol. The van der Waals surface area contributed by atoms with Crippen LogP contribution in [0.5, 0.6) is 0 Å². The van der Waals surface area contributed by atoms with Crippen LogP contribution in [0.15, 0.2) is 24.5 Å². The maximum Gasteiger partial charge on any atom is 0.0399 e. The molecule has 1 saturated heterocycles. The van der Waals surface area contributed by atoms with Crippen molar-refractivity contribution in [1.82, 2.24) is 10.3 Å². The van der Waals surface area contributed by atoms with Gasteiger partial charge in [-0.2, -0.15) is 0 Å². The van der Waals surface area contributed by atoms with Crippen LogP contribution >= 0.6 is 0 Å². The van der Waals surface area contributed by atoms with Gasteiger partial charge in [-0.3, -0.25) is 4.98 Å². The summed E-state index contributed by atoms with van der Waals surface area (Å²) in [5, 5.41) is 3.44. The Morgan fingerprint density at radius 1 is 1.12 bits per heavy atom. The topological polar surface area (TPSA) is 28.2 Å². The van der Waals surface area contributed by atoms with Gasteiger partial charge in [0.05, 0.1) is 0 Å². The van der Waals surface area contributed by atoms with Crippen LogP contribution in [0.3, 0.4) is 0 Å². The quantitative estimate of drug-likeness (QED) is 0.859. The Balaban J connectivity index is 1.67. The third kappa shape index (κ3) is 2.78. The second kappa shape index (κ2) is 5.05. The van der Waals surface area contributed by atoms with Crippen LogP contribution in [0.2, 0.25) is 0 Å². The Labute approximate surface area is 103 Å². The fourth-order valence-corrected chi connectivity index (χ4v) is 2.73. The summed E-state index contributed by atoms with van der Waals surface area (Å²) in [6, 6.07) is 5.10. The summed E-state index contributed by atoms with van der Waals surface area (Å²) in [7, 11) is 0. The largest absolute Gasteiger partial charge is 0.368 e. The molecule has 17 heavy (non-hydrogen) atoms. The van der Waals surface area contributed by atoms with E-state index in [0.717, 1.165) is 12.0 Å². The molecule has 1 saturated carbocycles. The highest BCUT2D eigenvalue weighted by atomic mass is 15.2. The first-order valence-corrected chi connectivity index (χ1v) is 6.81. The average Bonchev–Trinajstić information content (AvgIpc) is 3.23. The normalized spacial score (nSPS) is 21.4. The molecule has 3 nitrogen and oxygen atoms in total. The Hall–Kier alpha value is -1.09. The standard InChI is InChI=1S/C14H21N3/c1-2-13(1)17(14-5-9-16-10-6-14)11-12-3-7-15-8-4-12/h5-6,9-10,12-13,15H,1-4,7-8,11H2. The molecule has 3 rings (SSSR count). The zero-order valence-corrected chi connectivity index (χ0v) is 10.3. The van der Waals surface area contributed by atoms with Crippen molar-refractivity contribution in [3.8, 4) is 0 Å². The highest BCUT2D eigenvalue weighted by Crippen LogP contribution is 2.32. The molecule has 1 aromatic rings. The van der Waals surface area contributed by atoms with Gasteiger partial charge < -0.3 is 10.2 Å². The number of hydrogen-bond donors (Lipinski definition) is 1. The predicted molar refractivity (Wildman–Crippen MR) is 70.2 cm³/mol. The highest BCUT2D eigenvalue weighted by Gasteiger charge is 2.31. The molecule has 3 heteroatoms. The van der Waals surface area contributed by atoms with Crippen molar-refractivity contribution in [3.05, 3.63) is 24.5 Å². The molecule has 1 N–H and O–H groups in total. The van der Waals surface area contributed by atoms with Gasteiger partial charge in [0.25, 0.3) is 0 Å². The zero-order valence-electron chi connectivity index (χ0n) is 10.3. The summed E-state index contributed by atoms with van der Waals surface area (Å²) in [5.41, 5.74) is 1.36. The number of aromatic nitrogens is 1. The van der Waals surface area contributed by atoms with Crippen LogP contribution in [0.1, 0.15) is 25.7 Å². The van der Waals surface area contributed by atoms with Crippen LogP contribution in [0.25, 0.3) is 0 Å².